The number of carbonyl (C=O) groups excluding carboxylic acids is 1. The van der Waals surface area contributed by atoms with Gasteiger partial charge in [-0.3, -0.25) is 4.79 Å². The number of amides is 1. The van der Waals surface area contributed by atoms with Crippen LogP contribution < -0.4 is 5.32 Å². The van der Waals surface area contributed by atoms with Crippen molar-refractivity contribution in [2.45, 2.75) is 25.8 Å². The first-order chi connectivity index (χ1) is 10.3. The summed E-state index contributed by atoms with van der Waals surface area (Å²) in [5.41, 5.74) is 2.04. The lowest BCUT2D eigenvalue weighted by atomic mass is 9.93. The third-order valence-corrected chi connectivity index (χ3v) is 3.73. The lowest BCUT2D eigenvalue weighted by molar-refractivity contribution is -0.125. The molecule has 0 unspecified atom stereocenters. The minimum absolute atomic E-state index is 0.129. The maximum atomic E-state index is 12.1. The fourth-order valence-corrected chi connectivity index (χ4v) is 2.47. The molecule has 108 valence electrons. The first-order valence-corrected chi connectivity index (χ1v) is 7.19. The van der Waals surface area contributed by atoms with Crippen molar-refractivity contribution in [2.75, 3.05) is 0 Å². The molecule has 0 spiro atoms. The highest BCUT2D eigenvalue weighted by Gasteiger charge is 2.17. The Morgan fingerprint density at radius 3 is 2.81 bits per heavy atom. The van der Waals surface area contributed by atoms with E-state index in [4.69, 9.17) is 0 Å². The van der Waals surface area contributed by atoms with Gasteiger partial charge in [0, 0.05) is 12.5 Å². The highest BCUT2D eigenvalue weighted by molar-refractivity contribution is 5.78. The van der Waals surface area contributed by atoms with Crippen LogP contribution in [0.4, 0.5) is 0 Å². The Morgan fingerprint density at radius 1 is 1.29 bits per heavy atom. The molecular formula is C16H18N4O. The molecular weight excluding hydrogens is 264 g/mol. The van der Waals surface area contributed by atoms with Gasteiger partial charge >= 0.3 is 0 Å². The van der Waals surface area contributed by atoms with E-state index in [0.29, 0.717) is 6.54 Å². The predicted molar refractivity (Wildman–Crippen MR) is 79.7 cm³/mol. The number of carbonyl (C=O) groups is 1. The molecule has 1 heterocycles. The molecule has 0 fully saturated rings. The van der Waals surface area contributed by atoms with Gasteiger partial charge in [0.15, 0.2) is 0 Å². The molecule has 1 amide bonds. The number of rotatable bonds is 4. The molecule has 3 rings (SSSR count). The van der Waals surface area contributed by atoms with E-state index in [1.54, 1.807) is 11.0 Å². The van der Waals surface area contributed by atoms with Crippen molar-refractivity contribution >= 4 is 5.91 Å². The zero-order chi connectivity index (χ0) is 14.5. The Kier molecular flexibility index (Phi) is 4.09. The Hall–Kier alpha value is -2.43. The number of nitrogens with one attached hydrogen (secondary N) is 1. The zero-order valence-corrected chi connectivity index (χ0v) is 11.8. The van der Waals surface area contributed by atoms with Crippen molar-refractivity contribution < 1.29 is 4.79 Å². The van der Waals surface area contributed by atoms with Crippen molar-refractivity contribution in [2.24, 2.45) is 5.92 Å². The van der Waals surface area contributed by atoms with E-state index in [1.807, 2.05) is 24.3 Å². The Labute approximate surface area is 123 Å². The van der Waals surface area contributed by atoms with Crippen LogP contribution in [-0.4, -0.2) is 20.7 Å². The fourth-order valence-electron chi connectivity index (χ4n) is 2.47. The molecule has 1 aromatic heterocycles. The van der Waals surface area contributed by atoms with E-state index >= 15 is 0 Å². The summed E-state index contributed by atoms with van der Waals surface area (Å²) in [6.45, 7) is 0.566. The summed E-state index contributed by atoms with van der Waals surface area (Å²) in [5, 5.41) is 7.10. The molecule has 0 radical (unpaired) electrons. The van der Waals surface area contributed by atoms with Gasteiger partial charge in [-0.2, -0.15) is 5.10 Å². The van der Waals surface area contributed by atoms with Crippen LogP contribution in [0.2, 0.25) is 0 Å². The van der Waals surface area contributed by atoms with Crippen molar-refractivity contribution in [3.63, 3.8) is 0 Å². The van der Waals surface area contributed by atoms with Crippen LogP contribution in [-0.2, 0) is 11.3 Å². The number of allylic oxidation sites excluding steroid dienone is 2. The van der Waals surface area contributed by atoms with E-state index in [-0.39, 0.29) is 11.8 Å². The molecule has 5 heteroatoms. The van der Waals surface area contributed by atoms with E-state index in [1.165, 1.54) is 6.33 Å². The van der Waals surface area contributed by atoms with Gasteiger partial charge in [-0.05, 0) is 37.0 Å². The molecule has 1 aromatic carbocycles. The van der Waals surface area contributed by atoms with Gasteiger partial charge in [0.1, 0.15) is 12.7 Å². The first-order valence-electron chi connectivity index (χ1n) is 7.19. The second kappa shape index (κ2) is 6.35. The average molecular weight is 282 g/mol. The van der Waals surface area contributed by atoms with Crippen molar-refractivity contribution in [1.82, 2.24) is 20.1 Å². The van der Waals surface area contributed by atoms with Crippen LogP contribution >= 0.6 is 0 Å². The van der Waals surface area contributed by atoms with Gasteiger partial charge in [-0.15, -0.1) is 0 Å². The van der Waals surface area contributed by atoms with Gasteiger partial charge in [-0.25, -0.2) is 9.67 Å². The SMILES string of the molecule is O=C(NCc1ccc(-n2cncn2)cc1)[C@@H]1CC=CCC1. The minimum atomic E-state index is 0.129. The average Bonchev–Trinajstić information content (AvgIpc) is 3.08. The van der Waals surface area contributed by atoms with Crippen LogP contribution in [0.5, 0.6) is 0 Å². The lowest BCUT2D eigenvalue weighted by Crippen LogP contribution is -2.30. The van der Waals surface area contributed by atoms with Gasteiger partial charge in [0.2, 0.25) is 5.91 Å². The van der Waals surface area contributed by atoms with E-state index < -0.39 is 0 Å². The number of hydrogen-bond donors (Lipinski definition) is 1. The monoisotopic (exact) mass is 282 g/mol. The smallest absolute Gasteiger partial charge is 0.223 e. The minimum Gasteiger partial charge on any atom is -0.352 e. The number of nitrogens with zero attached hydrogens (tertiary/aromatic N) is 3. The first kappa shape index (κ1) is 13.5. The summed E-state index contributed by atoms with van der Waals surface area (Å²) in [7, 11) is 0. The van der Waals surface area contributed by atoms with E-state index in [9.17, 15) is 4.79 Å². The maximum absolute atomic E-state index is 12.1. The summed E-state index contributed by atoms with van der Waals surface area (Å²) in [6, 6.07) is 7.94. The van der Waals surface area contributed by atoms with Crippen LogP contribution in [0.1, 0.15) is 24.8 Å². The molecule has 21 heavy (non-hydrogen) atoms. The molecule has 1 aliphatic carbocycles. The molecule has 1 aliphatic rings. The van der Waals surface area contributed by atoms with Gasteiger partial charge in [0.05, 0.1) is 5.69 Å². The summed E-state index contributed by atoms with van der Waals surface area (Å²) in [6.07, 6.45) is 10.2. The predicted octanol–water partition coefficient (Wildman–Crippen LogP) is 2.24. The molecule has 0 bridgehead atoms. The molecule has 1 N–H and O–H groups in total. The van der Waals surface area contributed by atoms with Crippen LogP contribution in [0.25, 0.3) is 5.69 Å². The number of benzene rings is 1. The topological polar surface area (TPSA) is 59.8 Å². The zero-order valence-electron chi connectivity index (χ0n) is 11.8. The van der Waals surface area contributed by atoms with Gasteiger partial charge < -0.3 is 5.32 Å². The standard InChI is InChI=1S/C16H18N4O/c21-16(14-4-2-1-3-5-14)18-10-13-6-8-15(9-7-13)20-12-17-11-19-20/h1-2,6-9,11-12,14H,3-5,10H2,(H,18,21)/t14-/m1/s1. The van der Waals surface area contributed by atoms with Crippen LogP contribution in [0, 0.1) is 5.92 Å². The largest absolute Gasteiger partial charge is 0.352 e. The summed E-state index contributed by atoms with van der Waals surface area (Å²) in [5.74, 6) is 0.282. The molecule has 2 aromatic rings. The summed E-state index contributed by atoms with van der Waals surface area (Å²) in [4.78, 5) is 16.0. The highest BCUT2D eigenvalue weighted by Crippen LogP contribution is 2.18. The Bertz CT molecular complexity index is 616. The highest BCUT2D eigenvalue weighted by atomic mass is 16.1. The summed E-state index contributed by atoms with van der Waals surface area (Å²) >= 11 is 0. The van der Waals surface area contributed by atoms with Gasteiger partial charge in [0.25, 0.3) is 0 Å². The fraction of sp³-hybridized carbons (Fsp3) is 0.312. The Balaban J connectivity index is 1.56. The van der Waals surface area contributed by atoms with Crippen LogP contribution in [0.15, 0.2) is 49.1 Å². The van der Waals surface area contributed by atoms with Crippen LogP contribution in [0.3, 0.4) is 0 Å². The quantitative estimate of drug-likeness (QED) is 0.875. The van der Waals surface area contributed by atoms with Crippen molar-refractivity contribution in [3.05, 3.63) is 54.6 Å². The number of aromatic nitrogens is 3. The Morgan fingerprint density at radius 2 is 2.14 bits per heavy atom. The van der Waals surface area contributed by atoms with Crippen molar-refractivity contribution in [3.8, 4) is 5.69 Å². The third kappa shape index (κ3) is 3.37. The summed E-state index contributed by atoms with van der Waals surface area (Å²) < 4.78 is 1.71. The molecule has 0 aliphatic heterocycles. The normalized spacial score (nSPS) is 17.6. The maximum Gasteiger partial charge on any atom is 0.223 e. The van der Waals surface area contributed by atoms with E-state index in [2.05, 4.69) is 27.6 Å². The number of hydrogen-bond acceptors (Lipinski definition) is 3. The van der Waals surface area contributed by atoms with Crippen molar-refractivity contribution in [1.29, 1.82) is 0 Å². The molecule has 1 atom stereocenters. The molecule has 0 saturated carbocycles. The molecule has 5 nitrogen and oxygen atoms in total. The van der Waals surface area contributed by atoms with E-state index in [0.717, 1.165) is 30.5 Å². The van der Waals surface area contributed by atoms with Gasteiger partial charge in [-0.1, -0.05) is 24.3 Å². The second-order valence-electron chi connectivity index (χ2n) is 5.21. The lowest BCUT2D eigenvalue weighted by Gasteiger charge is -2.17. The second-order valence-corrected chi connectivity index (χ2v) is 5.21. The third-order valence-electron chi connectivity index (χ3n) is 3.73. The molecule has 0 saturated heterocycles.